The van der Waals surface area contributed by atoms with Gasteiger partial charge >= 0.3 is 0 Å². The molecule has 1 saturated heterocycles. The van der Waals surface area contributed by atoms with Crippen molar-refractivity contribution in [3.63, 3.8) is 0 Å². The van der Waals surface area contributed by atoms with Crippen LogP contribution in [0.15, 0.2) is 41.6 Å². The van der Waals surface area contributed by atoms with Gasteiger partial charge in [-0.1, -0.05) is 6.92 Å². The van der Waals surface area contributed by atoms with Gasteiger partial charge in [0, 0.05) is 56.6 Å². The third kappa shape index (κ3) is 3.62. The van der Waals surface area contributed by atoms with Crippen LogP contribution in [0.5, 0.6) is 0 Å². The van der Waals surface area contributed by atoms with E-state index in [-0.39, 0.29) is 30.2 Å². The molecule has 0 aliphatic carbocycles. The quantitative estimate of drug-likeness (QED) is 0.452. The zero-order valence-electron chi connectivity index (χ0n) is 20.0. The topological polar surface area (TPSA) is 100 Å². The molecule has 176 valence electrons. The number of nitrogens with zero attached hydrogens (tertiary/aromatic N) is 9. The third-order valence-electron chi connectivity index (χ3n) is 7.04. The maximum absolute atomic E-state index is 12.8. The van der Waals surface area contributed by atoms with Crippen molar-refractivity contribution in [3.05, 3.63) is 52.8 Å². The lowest BCUT2D eigenvalue weighted by Crippen LogP contribution is -2.58. The van der Waals surface area contributed by atoms with Gasteiger partial charge in [0.25, 0.3) is 5.56 Å². The Kier molecular flexibility index (Phi) is 5.57. The van der Waals surface area contributed by atoms with Crippen LogP contribution in [-0.2, 0) is 13.6 Å². The number of rotatable bonds is 5. The summed E-state index contributed by atoms with van der Waals surface area (Å²) in [5, 5.41) is 18.0. The molecule has 0 radical (unpaired) electrons. The highest BCUT2D eigenvalue weighted by Gasteiger charge is 2.35. The molecule has 0 unspecified atom stereocenters. The summed E-state index contributed by atoms with van der Waals surface area (Å²) < 4.78 is 4.98. The van der Waals surface area contributed by atoms with Crippen LogP contribution in [0, 0.1) is 11.3 Å². The SMILES string of the molecule is CC[C@@H]1CN(c2cc(=O)n(C)c3cn(CC#N)nc23)[C@@H](C)CN1[C@H](C)c1ccn2nccc2n1. The predicted molar refractivity (Wildman–Crippen MR) is 130 cm³/mol. The van der Waals surface area contributed by atoms with Crippen molar-refractivity contribution in [2.24, 2.45) is 7.05 Å². The molecule has 1 aliphatic heterocycles. The number of hydrogen-bond acceptors (Lipinski definition) is 7. The van der Waals surface area contributed by atoms with E-state index in [2.05, 4.69) is 46.8 Å². The van der Waals surface area contributed by atoms with Crippen LogP contribution >= 0.6 is 0 Å². The van der Waals surface area contributed by atoms with Crippen molar-refractivity contribution in [1.82, 2.24) is 33.8 Å². The number of hydrogen-bond donors (Lipinski definition) is 0. The van der Waals surface area contributed by atoms with Crippen molar-refractivity contribution in [2.75, 3.05) is 18.0 Å². The highest BCUT2D eigenvalue weighted by molar-refractivity contribution is 5.88. The van der Waals surface area contributed by atoms with E-state index < -0.39 is 0 Å². The van der Waals surface area contributed by atoms with Crippen LogP contribution in [0.3, 0.4) is 0 Å². The molecule has 3 atom stereocenters. The van der Waals surface area contributed by atoms with Crippen LogP contribution in [0.2, 0.25) is 0 Å². The van der Waals surface area contributed by atoms with Crippen LogP contribution in [0.4, 0.5) is 5.69 Å². The molecule has 4 aromatic rings. The van der Waals surface area contributed by atoms with Gasteiger partial charge in [0.1, 0.15) is 12.1 Å². The van der Waals surface area contributed by atoms with Gasteiger partial charge in [-0.25, -0.2) is 9.50 Å². The van der Waals surface area contributed by atoms with Crippen LogP contribution in [0.1, 0.15) is 38.9 Å². The second-order valence-corrected chi connectivity index (χ2v) is 9.07. The molecule has 0 amide bonds. The number of fused-ring (bicyclic) bond motifs is 2. The van der Waals surface area contributed by atoms with Gasteiger partial charge in [0.15, 0.2) is 5.65 Å². The molecule has 0 aromatic carbocycles. The molecular weight excluding hydrogens is 430 g/mol. The number of pyridine rings is 1. The first-order chi connectivity index (χ1) is 16.4. The molecule has 0 bridgehead atoms. The standard InChI is InChI=1S/C24H29N9O/c1-5-18-14-31(20-12-23(34)29(4)21-15-30(11-8-25)28-24(20)21)16(2)13-32(18)17(3)19-7-10-33-22(27-19)6-9-26-33/h6-7,9-10,12,15-18H,5,11,13-14H2,1-4H3/t16-,17+,18+/m0/s1. The summed E-state index contributed by atoms with van der Waals surface area (Å²) in [5.41, 5.74) is 4.14. The molecule has 1 aliphatic rings. The van der Waals surface area contributed by atoms with Gasteiger partial charge in [-0.15, -0.1) is 0 Å². The first-order valence-electron chi connectivity index (χ1n) is 11.7. The summed E-state index contributed by atoms with van der Waals surface area (Å²) in [6.45, 7) is 8.36. The van der Waals surface area contributed by atoms with E-state index in [4.69, 9.17) is 10.2 Å². The number of aromatic nitrogens is 6. The van der Waals surface area contributed by atoms with E-state index in [0.717, 1.165) is 47.6 Å². The lowest BCUT2D eigenvalue weighted by molar-refractivity contribution is 0.104. The lowest BCUT2D eigenvalue weighted by Gasteiger charge is -2.48. The molecule has 1 fully saturated rings. The maximum atomic E-state index is 12.8. The molecule has 34 heavy (non-hydrogen) atoms. The molecule has 10 nitrogen and oxygen atoms in total. The minimum absolute atomic E-state index is 0.0756. The van der Waals surface area contributed by atoms with Gasteiger partial charge in [-0.2, -0.15) is 15.5 Å². The fraction of sp³-hybridized carbons (Fsp3) is 0.458. The van der Waals surface area contributed by atoms with Crippen LogP contribution in [-0.4, -0.2) is 59.0 Å². The Morgan fingerprint density at radius 1 is 1.29 bits per heavy atom. The predicted octanol–water partition coefficient (Wildman–Crippen LogP) is 2.35. The van der Waals surface area contributed by atoms with E-state index in [1.807, 2.05) is 18.3 Å². The first kappa shape index (κ1) is 22.1. The minimum Gasteiger partial charge on any atom is -0.364 e. The molecule has 0 N–H and O–H groups in total. The average molecular weight is 460 g/mol. The van der Waals surface area contributed by atoms with Gasteiger partial charge in [-0.3, -0.25) is 14.4 Å². The van der Waals surface area contributed by atoms with Gasteiger partial charge in [-0.05, 0) is 26.3 Å². The Morgan fingerprint density at radius 3 is 2.88 bits per heavy atom. The van der Waals surface area contributed by atoms with Crippen molar-refractivity contribution < 1.29 is 0 Å². The van der Waals surface area contributed by atoms with Crippen molar-refractivity contribution >= 4 is 22.4 Å². The molecule has 4 aromatic heterocycles. The highest BCUT2D eigenvalue weighted by atomic mass is 16.1. The lowest BCUT2D eigenvalue weighted by atomic mass is 10.00. The van der Waals surface area contributed by atoms with E-state index in [1.165, 1.54) is 0 Å². The van der Waals surface area contributed by atoms with Crippen molar-refractivity contribution in [2.45, 2.75) is 51.9 Å². The zero-order chi connectivity index (χ0) is 24.0. The van der Waals surface area contributed by atoms with E-state index in [9.17, 15) is 4.79 Å². The fourth-order valence-corrected chi connectivity index (χ4v) is 5.08. The van der Waals surface area contributed by atoms with Crippen LogP contribution in [0.25, 0.3) is 16.7 Å². The Bertz CT molecular complexity index is 1440. The molecule has 0 spiro atoms. The van der Waals surface area contributed by atoms with Gasteiger partial charge in [0.2, 0.25) is 0 Å². The molecular formula is C24H29N9O. The molecule has 0 saturated carbocycles. The van der Waals surface area contributed by atoms with Gasteiger partial charge in [0.05, 0.1) is 35.4 Å². The first-order valence-corrected chi connectivity index (χ1v) is 11.7. The normalized spacial score (nSPS) is 20.1. The molecule has 10 heteroatoms. The minimum atomic E-state index is -0.0756. The second-order valence-electron chi connectivity index (χ2n) is 9.07. The number of aryl methyl sites for hydroxylation is 1. The summed E-state index contributed by atoms with van der Waals surface area (Å²) in [6, 6.07) is 8.37. The molecule has 5 heterocycles. The Balaban J connectivity index is 1.48. The third-order valence-corrected chi connectivity index (χ3v) is 7.04. The highest BCUT2D eigenvalue weighted by Crippen LogP contribution is 2.33. The summed E-state index contributed by atoms with van der Waals surface area (Å²) in [4.78, 5) is 22.4. The summed E-state index contributed by atoms with van der Waals surface area (Å²) in [7, 11) is 1.75. The second kappa shape index (κ2) is 8.57. The summed E-state index contributed by atoms with van der Waals surface area (Å²) >= 11 is 0. The van der Waals surface area contributed by atoms with E-state index in [0.29, 0.717) is 0 Å². The summed E-state index contributed by atoms with van der Waals surface area (Å²) in [5.74, 6) is 0. The average Bonchev–Trinajstić information content (AvgIpc) is 3.48. The van der Waals surface area contributed by atoms with E-state index >= 15 is 0 Å². The molecule has 5 rings (SSSR count). The van der Waals surface area contributed by atoms with E-state index in [1.54, 1.807) is 39.3 Å². The van der Waals surface area contributed by atoms with Crippen molar-refractivity contribution in [1.29, 1.82) is 5.26 Å². The van der Waals surface area contributed by atoms with Crippen LogP contribution < -0.4 is 10.5 Å². The monoisotopic (exact) mass is 459 g/mol. The number of piperazine rings is 1. The van der Waals surface area contributed by atoms with Gasteiger partial charge < -0.3 is 9.47 Å². The Labute approximate surface area is 197 Å². The smallest absolute Gasteiger partial charge is 0.252 e. The van der Waals surface area contributed by atoms with Crippen molar-refractivity contribution in [3.8, 4) is 6.07 Å². The maximum Gasteiger partial charge on any atom is 0.252 e. The number of nitriles is 1. The number of anilines is 1. The largest absolute Gasteiger partial charge is 0.364 e. The Hall–Kier alpha value is -3.71. The fourth-order valence-electron chi connectivity index (χ4n) is 5.08. The Morgan fingerprint density at radius 2 is 2.12 bits per heavy atom. The zero-order valence-corrected chi connectivity index (χ0v) is 20.0. The summed E-state index contributed by atoms with van der Waals surface area (Å²) in [6.07, 6.45) is 6.47.